The second-order valence-corrected chi connectivity index (χ2v) is 6.43. The molecule has 2 aromatic rings. The van der Waals surface area contributed by atoms with Crippen LogP contribution in [0.2, 0.25) is 0 Å². The van der Waals surface area contributed by atoms with Gasteiger partial charge in [0, 0.05) is 38.3 Å². The van der Waals surface area contributed by atoms with Crippen molar-refractivity contribution >= 4 is 29.9 Å². The molecular weight excluding hydrogens is 516 g/mol. The van der Waals surface area contributed by atoms with Crippen LogP contribution in [0.15, 0.2) is 41.4 Å². The highest BCUT2D eigenvalue weighted by molar-refractivity contribution is 14.0. The van der Waals surface area contributed by atoms with Crippen LogP contribution < -0.4 is 24.3 Å². The summed E-state index contributed by atoms with van der Waals surface area (Å²) in [6.45, 7) is 1.49. The Bertz CT molecular complexity index is 826. The topological polar surface area (TPSA) is 64.6 Å². The highest BCUT2D eigenvalue weighted by Crippen LogP contribution is 2.34. The smallest absolute Gasteiger partial charge is 0.193 e. The van der Waals surface area contributed by atoms with E-state index in [0.717, 1.165) is 5.56 Å². The largest absolute Gasteiger partial charge is 0.496 e. The summed E-state index contributed by atoms with van der Waals surface area (Å²) in [6, 6.07) is 10.0. The van der Waals surface area contributed by atoms with Crippen LogP contribution in [-0.2, 0) is 6.42 Å². The molecule has 0 radical (unpaired) electrons. The van der Waals surface area contributed by atoms with Gasteiger partial charge in [-0.1, -0.05) is 12.1 Å². The van der Waals surface area contributed by atoms with Crippen LogP contribution in [0.3, 0.4) is 0 Å². The van der Waals surface area contributed by atoms with Gasteiger partial charge in [0.2, 0.25) is 0 Å². The number of methoxy groups -OCH3 is 3. The van der Waals surface area contributed by atoms with Gasteiger partial charge in [0.15, 0.2) is 17.5 Å². The van der Waals surface area contributed by atoms with E-state index in [4.69, 9.17) is 18.9 Å². The van der Waals surface area contributed by atoms with Crippen LogP contribution in [0, 0.1) is 5.82 Å². The van der Waals surface area contributed by atoms with E-state index < -0.39 is 0 Å². The number of likely N-dealkylation sites (N-methyl/N-ethyl adjacent to an activating group) is 1. The number of hydrogen-bond acceptors (Lipinski definition) is 5. The zero-order chi connectivity index (χ0) is 21.9. The van der Waals surface area contributed by atoms with Crippen molar-refractivity contribution in [3.05, 3.63) is 47.8 Å². The van der Waals surface area contributed by atoms with E-state index in [-0.39, 0.29) is 35.5 Å². The second-order valence-electron chi connectivity index (χ2n) is 6.43. The highest BCUT2D eigenvalue weighted by Gasteiger charge is 2.14. The van der Waals surface area contributed by atoms with Crippen LogP contribution in [0.25, 0.3) is 0 Å². The standard InChI is InChI=1S/C22H30FN3O4.HI/c1-24-22(26(2)12-13-30-19-9-7-6-8-18(19)23)25-11-10-17-20(28-4)14-16(27-3)15-21(17)29-5;/h6-9,14-15H,10-13H2,1-5H3,(H,24,25);1H. The predicted molar refractivity (Wildman–Crippen MR) is 131 cm³/mol. The van der Waals surface area contributed by atoms with Gasteiger partial charge in [-0.05, 0) is 18.6 Å². The lowest BCUT2D eigenvalue weighted by Gasteiger charge is -2.22. The maximum Gasteiger partial charge on any atom is 0.193 e. The molecule has 0 aliphatic rings. The van der Waals surface area contributed by atoms with E-state index in [1.807, 2.05) is 24.1 Å². The van der Waals surface area contributed by atoms with Crippen molar-refractivity contribution in [1.82, 2.24) is 10.2 Å². The Morgan fingerprint density at radius 2 is 1.68 bits per heavy atom. The number of benzene rings is 2. The number of nitrogens with zero attached hydrogens (tertiary/aromatic N) is 2. The summed E-state index contributed by atoms with van der Waals surface area (Å²) < 4.78 is 35.4. The van der Waals surface area contributed by atoms with E-state index in [1.165, 1.54) is 6.07 Å². The predicted octanol–water partition coefficient (Wildman–Crippen LogP) is 3.60. The van der Waals surface area contributed by atoms with Gasteiger partial charge in [0.25, 0.3) is 0 Å². The first kappa shape index (κ1) is 26.6. The van der Waals surface area contributed by atoms with Gasteiger partial charge in [-0.15, -0.1) is 24.0 Å². The molecule has 0 heterocycles. The fourth-order valence-corrected chi connectivity index (χ4v) is 2.97. The third kappa shape index (κ3) is 7.64. The zero-order valence-electron chi connectivity index (χ0n) is 18.6. The van der Waals surface area contributed by atoms with Crippen LogP contribution in [-0.4, -0.2) is 66.0 Å². The molecule has 172 valence electrons. The minimum absolute atomic E-state index is 0. The van der Waals surface area contributed by atoms with E-state index >= 15 is 0 Å². The van der Waals surface area contributed by atoms with Crippen molar-refractivity contribution in [3.8, 4) is 23.0 Å². The van der Waals surface area contributed by atoms with Gasteiger partial charge < -0.3 is 29.2 Å². The zero-order valence-corrected chi connectivity index (χ0v) is 20.9. The SMILES string of the molecule is CN=C(NCCc1c(OC)cc(OC)cc1OC)N(C)CCOc1ccccc1F.I. The van der Waals surface area contributed by atoms with Crippen molar-refractivity contribution in [2.75, 3.05) is 55.1 Å². The van der Waals surface area contributed by atoms with Gasteiger partial charge >= 0.3 is 0 Å². The summed E-state index contributed by atoms with van der Waals surface area (Å²) >= 11 is 0. The van der Waals surface area contributed by atoms with Gasteiger partial charge in [-0.3, -0.25) is 4.99 Å². The molecule has 0 aliphatic carbocycles. The minimum atomic E-state index is -0.370. The molecule has 7 nitrogen and oxygen atoms in total. The highest BCUT2D eigenvalue weighted by atomic mass is 127. The summed E-state index contributed by atoms with van der Waals surface area (Å²) in [7, 11) is 8.45. The number of para-hydroxylation sites is 1. The van der Waals surface area contributed by atoms with Gasteiger partial charge in [-0.25, -0.2) is 4.39 Å². The van der Waals surface area contributed by atoms with Crippen molar-refractivity contribution in [1.29, 1.82) is 0 Å². The first-order chi connectivity index (χ1) is 14.5. The summed E-state index contributed by atoms with van der Waals surface area (Å²) in [5.74, 6) is 2.66. The van der Waals surface area contributed by atoms with E-state index in [9.17, 15) is 4.39 Å². The number of guanidine groups is 1. The number of ether oxygens (including phenoxy) is 4. The van der Waals surface area contributed by atoms with Crippen LogP contribution in [0.1, 0.15) is 5.56 Å². The lowest BCUT2D eigenvalue weighted by molar-refractivity contribution is 0.270. The lowest BCUT2D eigenvalue weighted by atomic mass is 10.1. The first-order valence-corrected chi connectivity index (χ1v) is 9.62. The minimum Gasteiger partial charge on any atom is -0.496 e. The van der Waals surface area contributed by atoms with Crippen LogP contribution >= 0.6 is 24.0 Å². The summed E-state index contributed by atoms with van der Waals surface area (Å²) in [6.07, 6.45) is 0.662. The van der Waals surface area contributed by atoms with Crippen molar-refractivity contribution in [2.45, 2.75) is 6.42 Å². The molecule has 0 amide bonds. The maximum absolute atomic E-state index is 13.6. The number of halogens is 2. The molecule has 0 aromatic heterocycles. The van der Waals surface area contributed by atoms with Gasteiger partial charge in [0.05, 0.1) is 27.9 Å². The Morgan fingerprint density at radius 3 is 2.23 bits per heavy atom. The molecule has 1 N–H and O–H groups in total. The molecule has 0 saturated heterocycles. The molecule has 0 saturated carbocycles. The fourth-order valence-electron chi connectivity index (χ4n) is 2.97. The molecule has 2 rings (SSSR count). The molecule has 0 spiro atoms. The molecule has 31 heavy (non-hydrogen) atoms. The van der Waals surface area contributed by atoms with Crippen LogP contribution in [0.4, 0.5) is 4.39 Å². The summed E-state index contributed by atoms with van der Waals surface area (Å²) in [5, 5.41) is 3.31. The van der Waals surface area contributed by atoms with Gasteiger partial charge in [0.1, 0.15) is 23.9 Å². The normalized spacial score (nSPS) is 10.7. The quantitative estimate of drug-likeness (QED) is 0.279. The molecule has 2 aromatic carbocycles. The average Bonchev–Trinajstić information content (AvgIpc) is 2.77. The Balaban J connectivity index is 0.00000480. The first-order valence-electron chi connectivity index (χ1n) is 9.62. The van der Waals surface area contributed by atoms with E-state index in [1.54, 1.807) is 46.6 Å². The number of rotatable bonds is 10. The molecular formula is C22H31FIN3O4. The lowest BCUT2D eigenvalue weighted by Crippen LogP contribution is -2.41. The Hall–Kier alpha value is -2.43. The number of nitrogens with one attached hydrogen (secondary N) is 1. The Labute approximate surface area is 200 Å². The second kappa shape index (κ2) is 13.8. The average molecular weight is 547 g/mol. The molecule has 0 unspecified atom stereocenters. The monoisotopic (exact) mass is 547 g/mol. The number of aliphatic imine (C=N–C) groups is 1. The van der Waals surface area contributed by atoms with Crippen molar-refractivity contribution < 1.29 is 23.3 Å². The summed E-state index contributed by atoms with van der Waals surface area (Å²) in [5.41, 5.74) is 0.939. The van der Waals surface area contributed by atoms with Crippen molar-refractivity contribution in [2.24, 2.45) is 4.99 Å². The van der Waals surface area contributed by atoms with Crippen LogP contribution in [0.5, 0.6) is 23.0 Å². The van der Waals surface area contributed by atoms with E-state index in [2.05, 4.69) is 10.3 Å². The van der Waals surface area contributed by atoms with Gasteiger partial charge in [-0.2, -0.15) is 0 Å². The van der Waals surface area contributed by atoms with E-state index in [0.29, 0.717) is 49.3 Å². The Morgan fingerprint density at radius 1 is 1.03 bits per heavy atom. The third-order valence-electron chi connectivity index (χ3n) is 4.57. The molecule has 9 heteroatoms. The Kier molecular flexibility index (Phi) is 11.8. The summed E-state index contributed by atoms with van der Waals surface area (Å²) in [4.78, 5) is 6.21. The third-order valence-corrected chi connectivity index (χ3v) is 4.57. The fraction of sp³-hybridized carbons (Fsp3) is 0.409. The molecule has 0 bridgehead atoms. The molecule has 0 aliphatic heterocycles. The molecule has 0 atom stereocenters. The number of hydrogen-bond donors (Lipinski definition) is 1. The maximum atomic E-state index is 13.6. The molecule has 0 fully saturated rings. The van der Waals surface area contributed by atoms with Crippen molar-refractivity contribution in [3.63, 3.8) is 0 Å².